The first kappa shape index (κ1) is 14.6. The lowest BCUT2D eigenvalue weighted by Crippen LogP contribution is -2.54. The minimum Gasteiger partial charge on any atom is -0.353 e. The normalized spacial score (nSPS) is 49.0. The Bertz CT molecular complexity index is 365. The molecule has 3 nitrogen and oxygen atoms in total. The molecule has 0 heterocycles. The summed E-state index contributed by atoms with van der Waals surface area (Å²) in [6, 6.07) is 0.825. The Morgan fingerprint density at radius 2 is 1.50 bits per heavy atom. The second-order valence-corrected chi connectivity index (χ2v) is 7.50. The fourth-order valence-electron chi connectivity index (χ4n) is 5.50. The molecule has 2 bridgehead atoms. The molecule has 20 heavy (non-hydrogen) atoms. The van der Waals surface area contributed by atoms with Gasteiger partial charge in [-0.05, 0) is 62.2 Å². The summed E-state index contributed by atoms with van der Waals surface area (Å²) in [4.78, 5) is 12.5. The van der Waals surface area contributed by atoms with E-state index in [4.69, 9.17) is 5.73 Å². The molecule has 0 spiro atoms. The summed E-state index contributed by atoms with van der Waals surface area (Å²) in [7, 11) is 0. The summed E-state index contributed by atoms with van der Waals surface area (Å²) < 4.78 is 0. The lowest BCUT2D eigenvalue weighted by molar-refractivity contribution is -0.125. The highest BCUT2D eigenvalue weighted by atomic mass is 35.5. The van der Waals surface area contributed by atoms with E-state index in [9.17, 15) is 4.79 Å². The van der Waals surface area contributed by atoms with Gasteiger partial charge in [0, 0.05) is 18.0 Å². The third-order valence-electron chi connectivity index (χ3n) is 6.39. The van der Waals surface area contributed by atoms with E-state index in [1.54, 1.807) is 0 Å². The number of carbonyl (C=O) groups is 1. The standard InChI is InChI=1S/C16H26N2O.ClH/c17-11-7-9-3-1-4-10(8-11)15(9)18-16(19)14-12-5-2-6-13(12)14;/h9-15H,1-8,17H2,(H,18,19);1H. The SMILES string of the molecule is Cl.NC1CC2CCCC(C1)C2NC(=O)C1C2CCCC21. The van der Waals surface area contributed by atoms with Crippen molar-refractivity contribution >= 4 is 18.3 Å². The Labute approximate surface area is 127 Å². The van der Waals surface area contributed by atoms with Crippen molar-refractivity contribution in [3.8, 4) is 0 Å². The third kappa shape index (κ3) is 2.37. The molecule has 4 heteroatoms. The van der Waals surface area contributed by atoms with E-state index in [-0.39, 0.29) is 12.4 Å². The average molecular weight is 299 g/mol. The smallest absolute Gasteiger partial charge is 0.223 e. The molecule has 4 aliphatic carbocycles. The van der Waals surface area contributed by atoms with Gasteiger partial charge in [0.1, 0.15) is 0 Å². The number of hydrogen-bond acceptors (Lipinski definition) is 2. The molecule has 0 saturated heterocycles. The zero-order valence-electron chi connectivity index (χ0n) is 12.1. The summed E-state index contributed by atoms with van der Waals surface area (Å²) in [5, 5.41) is 3.44. The molecule has 0 aromatic rings. The minimum absolute atomic E-state index is 0. The van der Waals surface area contributed by atoms with Crippen LogP contribution in [0.5, 0.6) is 0 Å². The first-order valence-electron chi connectivity index (χ1n) is 8.30. The maximum Gasteiger partial charge on any atom is 0.223 e. The lowest BCUT2D eigenvalue weighted by Gasteiger charge is -2.45. The molecule has 4 atom stereocenters. The topological polar surface area (TPSA) is 55.1 Å². The van der Waals surface area contributed by atoms with E-state index in [1.807, 2.05) is 0 Å². The Morgan fingerprint density at radius 3 is 2.10 bits per heavy atom. The predicted octanol–water partition coefficient (Wildman–Crippen LogP) is 2.48. The van der Waals surface area contributed by atoms with E-state index in [0.717, 1.165) is 24.7 Å². The molecular weight excluding hydrogens is 272 g/mol. The van der Waals surface area contributed by atoms with Crippen LogP contribution >= 0.6 is 12.4 Å². The summed E-state index contributed by atoms with van der Waals surface area (Å²) in [6.07, 6.45) is 10.1. The van der Waals surface area contributed by atoms with Crippen LogP contribution in [0, 0.1) is 29.6 Å². The van der Waals surface area contributed by atoms with Crippen LogP contribution in [0.15, 0.2) is 0 Å². The van der Waals surface area contributed by atoms with Crippen molar-refractivity contribution in [2.45, 2.75) is 63.5 Å². The molecule has 0 aromatic carbocycles. The molecule has 3 N–H and O–H groups in total. The molecule has 4 fully saturated rings. The maximum absolute atomic E-state index is 12.5. The van der Waals surface area contributed by atoms with E-state index in [0.29, 0.717) is 35.7 Å². The number of rotatable bonds is 2. The highest BCUT2D eigenvalue weighted by Gasteiger charge is 2.57. The van der Waals surface area contributed by atoms with Gasteiger partial charge in [0.25, 0.3) is 0 Å². The highest BCUT2D eigenvalue weighted by Crippen LogP contribution is 2.57. The molecule has 0 aliphatic heterocycles. The zero-order valence-corrected chi connectivity index (χ0v) is 12.9. The molecule has 0 radical (unpaired) electrons. The van der Waals surface area contributed by atoms with E-state index < -0.39 is 0 Å². The largest absolute Gasteiger partial charge is 0.353 e. The lowest BCUT2D eigenvalue weighted by atomic mass is 9.67. The third-order valence-corrected chi connectivity index (χ3v) is 6.39. The Hall–Kier alpha value is -0.280. The van der Waals surface area contributed by atoms with Gasteiger partial charge in [-0.15, -0.1) is 12.4 Å². The van der Waals surface area contributed by atoms with Crippen molar-refractivity contribution in [2.24, 2.45) is 35.3 Å². The summed E-state index contributed by atoms with van der Waals surface area (Å²) in [5.74, 6) is 3.56. The van der Waals surface area contributed by atoms with Crippen molar-refractivity contribution in [1.29, 1.82) is 0 Å². The molecule has 4 rings (SSSR count). The first-order valence-corrected chi connectivity index (χ1v) is 8.30. The molecule has 4 aliphatic rings. The second-order valence-electron chi connectivity index (χ2n) is 7.50. The van der Waals surface area contributed by atoms with Gasteiger partial charge in [-0.3, -0.25) is 4.79 Å². The highest BCUT2D eigenvalue weighted by molar-refractivity contribution is 5.85. The average Bonchev–Trinajstić information content (AvgIpc) is 2.84. The van der Waals surface area contributed by atoms with Crippen LogP contribution in [-0.2, 0) is 4.79 Å². The van der Waals surface area contributed by atoms with Gasteiger partial charge in [-0.1, -0.05) is 12.8 Å². The van der Waals surface area contributed by atoms with Crippen molar-refractivity contribution < 1.29 is 4.79 Å². The minimum atomic E-state index is 0. The Balaban J connectivity index is 0.00000121. The fraction of sp³-hybridized carbons (Fsp3) is 0.938. The molecule has 0 aromatic heterocycles. The summed E-state index contributed by atoms with van der Waals surface area (Å²) >= 11 is 0. The molecule has 4 saturated carbocycles. The number of fused-ring (bicyclic) bond motifs is 3. The predicted molar refractivity (Wildman–Crippen MR) is 81.5 cm³/mol. The van der Waals surface area contributed by atoms with Gasteiger partial charge in [0.15, 0.2) is 0 Å². The van der Waals surface area contributed by atoms with Crippen LogP contribution in [0.1, 0.15) is 51.4 Å². The van der Waals surface area contributed by atoms with E-state index in [2.05, 4.69) is 5.32 Å². The monoisotopic (exact) mass is 298 g/mol. The summed E-state index contributed by atoms with van der Waals surface area (Å²) in [6.45, 7) is 0. The van der Waals surface area contributed by atoms with Gasteiger partial charge in [-0.2, -0.15) is 0 Å². The number of amides is 1. The van der Waals surface area contributed by atoms with E-state index in [1.165, 1.54) is 38.5 Å². The van der Waals surface area contributed by atoms with Gasteiger partial charge in [-0.25, -0.2) is 0 Å². The number of nitrogens with two attached hydrogens (primary N) is 1. The molecule has 1 amide bonds. The van der Waals surface area contributed by atoms with Crippen LogP contribution in [0.25, 0.3) is 0 Å². The van der Waals surface area contributed by atoms with Crippen molar-refractivity contribution in [3.05, 3.63) is 0 Å². The van der Waals surface area contributed by atoms with Crippen LogP contribution < -0.4 is 11.1 Å². The van der Waals surface area contributed by atoms with Crippen LogP contribution in [-0.4, -0.2) is 18.0 Å². The molecule has 114 valence electrons. The van der Waals surface area contributed by atoms with Crippen LogP contribution in [0.2, 0.25) is 0 Å². The molecule has 4 unspecified atom stereocenters. The number of nitrogens with one attached hydrogen (secondary N) is 1. The van der Waals surface area contributed by atoms with Crippen molar-refractivity contribution in [1.82, 2.24) is 5.32 Å². The molecular formula is C16H27ClN2O. The van der Waals surface area contributed by atoms with Crippen molar-refractivity contribution in [3.63, 3.8) is 0 Å². The van der Waals surface area contributed by atoms with Gasteiger partial charge in [0.05, 0.1) is 0 Å². The Morgan fingerprint density at radius 1 is 0.950 bits per heavy atom. The second kappa shape index (κ2) is 5.49. The zero-order chi connectivity index (χ0) is 13.0. The van der Waals surface area contributed by atoms with Crippen LogP contribution in [0.4, 0.5) is 0 Å². The number of hydrogen-bond donors (Lipinski definition) is 2. The Kier molecular flexibility index (Phi) is 4.02. The van der Waals surface area contributed by atoms with Gasteiger partial charge < -0.3 is 11.1 Å². The van der Waals surface area contributed by atoms with E-state index >= 15 is 0 Å². The van der Waals surface area contributed by atoms with Gasteiger partial charge in [0.2, 0.25) is 5.91 Å². The summed E-state index contributed by atoms with van der Waals surface area (Å²) in [5.41, 5.74) is 6.15. The maximum atomic E-state index is 12.5. The first-order chi connectivity index (χ1) is 9.24. The fourth-order valence-corrected chi connectivity index (χ4v) is 5.50. The van der Waals surface area contributed by atoms with Gasteiger partial charge >= 0.3 is 0 Å². The van der Waals surface area contributed by atoms with Crippen LogP contribution in [0.3, 0.4) is 0 Å². The van der Waals surface area contributed by atoms with Crippen molar-refractivity contribution in [2.75, 3.05) is 0 Å². The quantitative estimate of drug-likeness (QED) is 0.823. The number of carbonyl (C=O) groups excluding carboxylic acids is 1. The number of halogens is 1.